The van der Waals surface area contributed by atoms with Gasteiger partial charge in [0.15, 0.2) is 0 Å². The summed E-state index contributed by atoms with van der Waals surface area (Å²) in [5, 5.41) is 19.5. The van der Waals surface area contributed by atoms with Gasteiger partial charge in [0.1, 0.15) is 17.7 Å². The highest BCUT2D eigenvalue weighted by atomic mass is 35.5. The van der Waals surface area contributed by atoms with Gasteiger partial charge in [-0.3, -0.25) is 20.0 Å². The molecule has 1 amide bonds. The van der Waals surface area contributed by atoms with Gasteiger partial charge in [-0.1, -0.05) is 17.7 Å². The Bertz CT molecular complexity index is 614. The summed E-state index contributed by atoms with van der Waals surface area (Å²) in [6.07, 6.45) is 1.29. The van der Waals surface area contributed by atoms with Crippen LogP contribution in [0.25, 0.3) is 0 Å². The fraction of sp³-hybridized carbons (Fsp3) is 0.100. The van der Waals surface area contributed by atoms with Crippen LogP contribution in [0.5, 0.6) is 0 Å². The molecule has 0 aliphatic carbocycles. The fourth-order valence-corrected chi connectivity index (χ4v) is 1.71. The lowest BCUT2D eigenvalue weighted by molar-refractivity contribution is -0.385. The lowest BCUT2D eigenvalue weighted by atomic mass is 10.1. The molecule has 8 nitrogen and oxygen atoms in total. The maximum Gasteiger partial charge on any atom is 0.283 e. The maximum absolute atomic E-state index is 11.9. The van der Waals surface area contributed by atoms with Crippen molar-refractivity contribution in [2.24, 2.45) is 0 Å². The van der Waals surface area contributed by atoms with E-state index in [1.165, 1.54) is 24.5 Å². The van der Waals surface area contributed by atoms with Gasteiger partial charge < -0.3 is 5.32 Å². The van der Waals surface area contributed by atoms with Crippen LogP contribution in [0.4, 0.5) is 5.69 Å². The molecule has 9 heteroatoms. The zero-order valence-corrected chi connectivity index (χ0v) is 10.2. The van der Waals surface area contributed by atoms with Gasteiger partial charge in [0, 0.05) is 6.07 Å². The van der Waals surface area contributed by atoms with Crippen molar-refractivity contribution >= 4 is 23.2 Å². The number of nitrogens with zero attached hydrogens (tertiary/aromatic N) is 3. The Morgan fingerprint density at radius 1 is 1.53 bits per heavy atom. The van der Waals surface area contributed by atoms with Crippen LogP contribution < -0.4 is 5.32 Å². The van der Waals surface area contributed by atoms with Gasteiger partial charge in [0.05, 0.1) is 16.5 Å². The number of carbonyl (C=O) groups excluding carboxylic acids is 1. The summed E-state index contributed by atoms with van der Waals surface area (Å²) >= 11 is 5.83. The second kappa shape index (κ2) is 5.44. The molecule has 0 unspecified atom stereocenters. The van der Waals surface area contributed by atoms with Crippen LogP contribution in [-0.4, -0.2) is 26.0 Å². The number of H-pyrrole nitrogens is 1. The number of hydrogen-bond acceptors (Lipinski definition) is 5. The van der Waals surface area contributed by atoms with Crippen molar-refractivity contribution in [2.45, 2.75) is 6.54 Å². The number of nitro groups is 1. The SMILES string of the molecule is O=C(NCc1ncn[nH]1)c1c(Cl)cccc1[N+](=O)[O-]. The number of halogens is 1. The van der Waals surface area contributed by atoms with Gasteiger partial charge in [-0.15, -0.1) is 0 Å². The number of hydrogen-bond donors (Lipinski definition) is 2. The van der Waals surface area contributed by atoms with Crippen LogP contribution in [0.1, 0.15) is 16.2 Å². The molecular formula is C10H8ClN5O3. The zero-order chi connectivity index (χ0) is 13.8. The average Bonchev–Trinajstić information content (AvgIpc) is 2.88. The number of benzene rings is 1. The van der Waals surface area contributed by atoms with Gasteiger partial charge in [-0.05, 0) is 6.07 Å². The van der Waals surface area contributed by atoms with Crippen molar-refractivity contribution in [1.29, 1.82) is 0 Å². The molecule has 0 fully saturated rings. The molecule has 0 spiro atoms. The van der Waals surface area contributed by atoms with Crippen LogP contribution in [0.15, 0.2) is 24.5 Å². The minimum absolute atomic E-state index is 0.0178. The predicted octanol–water partition coefficient (Wildman–Crippen LogP) is 1.30. The Morgan fingerprint density at radius 2 is 2.32 bits per heavy atom. The van der Waals surface area contributed by atoms with Crippen LogP contribution >= 0.6 is 11.6 Å². The van der Waals surface area contributed by atoms with Gasteiger partial charge in [-0.25, -0.2) is 4.98 Å². The summed E-state index contributed by atoms with van der Waals surface area (Å²) in [5.74, 6) is -0.211. The minimum atomic E-state index is -0.657. The summed E-state index contributed by atoms with van der Waals surface area (Å²) in [7, 11) is 0. The summed E-state index contributed by atoms with van der Waals surface area (Å²) in [4.78, 5) is 25.9. The molecule has 2 rings (SSSR count). The van der Waals surface area contributed by atoms with E-state index >= 15 is 0 Å². The predicted molar refractivity (Wildman–Crippen MR) is 65.7 cm³/mol. The third-order valence-electron chi connectivity index (χ3n) is 2.30. The Kier molecular flexibility index (Phi) is 3.71. The number of aromatic nitrogens is 3. The Balaban J connectivity index is 2.21. The van der Waals surface area contributed by atoms with E-state index in [1.54, 1.807) is 0 Å². The molecular weight excluding hydrogens is 274 g/mol. The van der Waals surface area contributed by atoms with Crippen molar-refractivity contribution in [3.8, 4) is 0 Å². The summed E-state index contributed by atoms with van der Waals surface area (Å²) in [6.45, 7) is 0.0706. The molecule has 0 saturated heterocycles. The monoisotopic (exact) mass is 281 g/mol. The Morgan fingerprint density at radius 3 is 2.95 bits per heavy atom. The normalized spacial score (nSPS) is 10.2. The van der Waals surface area contributed by atoms with Crippen molar-refractivity contribution < 1.29 is 9.72 Å². The summed E-state index contributed by atoms with van der Waals surface area (Å²) in [6, 6.07) is 4.04. The highest BCUT2D eigenvalue weighted by Gasteiger charge is 2.23. The molecule has 98 valence electrons. The van der Waals surface area contributed by atoms with Crippen LogP contribution in [0.3, 0.4) is 0 Å². The highest BCUT2D eigenvalue weighted by molar-refractivity contribution is 6.34. The topological polar surface area (TPSA) is 114 Å². The van der Waals surface area contributed by atoms with E-state index in [0.717, 1.165) is 0 Å². The first kappa shape index (κ1) is 13.0. The van der Waals surface area contributed by atoms with E-state index in [-0.39, 0.29) is 22.8 Å². The minimum Gasteiger partial charge on any atom is -0.344 e. The molecule has 0 aliphatic heterocycles. The third-order valence-corrected chi connectivity index (χ3v) is 2.61. The zero-order valence-electron chi connectivity index (χ0n) is 9.46. The largest absolute Gasteiger partial charge is 0.344 e. The molecule has 0 bridgehead atoms. The molecule has 0 aliphatic rings. The van der Waals surface area contributed by atoms with E-state index < -0.39 is 10.8 Å². The quantitative estimate of drug-likeness (QED) is 0.647. The van der Waals surface area contributed by atoms with E-state index in [9.17, 15) is 14.9 Å². The maximum atomic E-state index is 11.9. The number of nitrogens with one attached hydrogen (secondary N) is 2. The first-order chi connectivity index (χ1) is 9.09. The van der Waals surface area contributed by atoms with E-state index in [1.807, 2.05) is 0 Å². The number of carbonyl (C=O) groups is 1. The van der Waals surface area contributed by atoms with E-state index in [2.05, 4.69) is 20.5 Å². The molecule has 1 aromatic carbocycles. The number of amides is 1. The lowest BCUT2D eigenvalue weighted by Gasteiger charge is -2.05. The second-order valence-corrected chi connectivity index (χ2v) is 3.91. The number of rotatable bonds is 4. The molecule has 0 saturated carbocycles. The van der Waals surface area contributed by atoms with Crippen molar-refractivity contribution in [2.75, 3.05) is 0 Å². The lowest BCUT2D eigenvalue weighted by Crippen LogP contribution is -2.24. The second-order valence-electron chi connectivity index (χ2n) is 3.51. The first-order valence-corrected chi connectivity index (χ1v) is 5.52. The standard InChI is InChI=1S/C10H8ClN5O3/c11-6-2-1-3-7(16(18)19)9(6)10(17)12-4-8-13-5-14-15-8/h1-3,5H,4H2,(H,12,17)(H,13,14,15). The molecule has 0 radical (unpaired) electrons. The molecule has 19 heavy (non-hydrogen) atoms. The average molecular weight is 282 g/mol. The van der Waals surface area contributed by atoms with Crippen molar-refractivity contribution in [3.63, 3.8) is 0 Å². The molecule has 0 atom stereocenters. The Labute approximate surface area is 112 Å². The van der Waals surface area contributed by atoms with Crippen molar-refractivity contribution in [1.82, 2.24) is 20.5 Å². The smallest absolute Gasteiger partial charge is 0.283 e. The number of nitro benzene ring substituents is 1. The van der Waals surface area contributed by atoms with Crippen LogP contribution in [-0.2, 0) is 6.54 Å². The van der Waals surface area contributed by atoms with Gasteiger partial charge >= 0.3 is 0 Å². The van der Waals surface area contributed by atoms with E-state index in [0.29, 0.717) is 5.82 Å². The van der Waals surface area contributed by atoms with Crippen LogP contribution in [0, 0.1) is 10.1 Å². The molecule has 1 aromatic heterocycles. The van der Waals surface area contributed by atoms with Gasteiger partial charge in [0.2, 0.25) is 0 Å². The Hall–Kier alpha value is -2.48. The van der Waals surface area contributed by atoms with Gasteiger partial charge in [0.25, 0.3) is 11.6 Å². The number of aromatic amines is 1. The summed E-state index contributed by atoms with van der Waals surface area (Å²) < 4.78 is 0. The highest BCUT2D eigenvalue weighted by Crippen LogP contribution is 2.25. The fourth-order valence-electron chi connectivity index (χ4n) is 1.46. The summed E-state index contributed by atoms with van der Waals surface area (Å²) in [5.41, 5.74) is -0.517. The van der Waals surface area contributed by atoms with Gasteiger partial charge in [-0.2, -0.15) is 5.10 Å². The molecule has 2 N–H and O–H groups in total. The van der Waals surface area contributed by atoms with Crippen LogP contribution in [0.2, 0.25) is 5.02 Å². The third kappa shape index (κ3) is 2.86. The van der Waals surface area contributed by atoms with E-state index in [4.69, 9.17) is 11.6 Å². The molecule has 1 heterocycles. The van der Waals surface area contributed by atoms with Crippen molar-refractivity contribution in [3.05, 3.63) is 51.1 Å². The first-order valence-electron chi connectivity index (χ1n) is 5.15. The molecule has 2 aromatic rings.